The fraction of sp³-hybridized carbons (Fsp3) is 0.286. The summed E-state index contributed by atoms with van der Waals surface area (Å²) in [6.07, 6.45) is 1.50. The Labute approximate surface area is 156 Å². The van der Waals surface area contributed by atoms with Crippen molar-refractivity contribution in [2.45, 2.75) is 31.8 Å². The molecule has 138 valence electrons. The minimum Gasteiger partial charge on any atom is -0.375 e. The van der Waals surface area contributed by atoms with Crippen LogP contribution in [0.3, 0.4) is 0 Å². The Morgan fingerprint density at radius 1 is 1.19 bits per heavy atom. The third kappa shape index (κ3) is 3.24. The van der Waals surface area contributed by atoms with Gasteiger partial charge in [-0.05, 0) is 50.1 Å². The van der Waals surface area contributed by atoms with Crippen LogP contribution < -0.4 is 10.6 Å². The number of Topliss-reactive ketones (excluding diaryl/α,β-unsaturated/α-hetero) is 1. The number of hydrogen-bond acceptors (Lipinski definition) is 4. The maximum absolute atomic E-state index is 12.7. The highest BCUT2D eigenvalue weighted by molar-refractivity contribution is 6.09. The van der Waals surface area contributed by atoms with Gasteiger partial charge in [0.05, 0.1) is 6.42 Å². The van der Waals surface area contributed by atoms with Crippen molar-refractivity contribution in [1.29, 1.82) is 0 Å². The quantitative estimate of drug-likeness (QED) is 0.711. The van der Waals surface area contributed by atoms with Crippen LogP contribution in [0, 0.1) is 12.8 Å². The van der Waals surface area contributed by atoms with E-state index >= 15 is 0 Å². The van der Waals surface area contributed by atoms with E-state index in [0.29, 0.717) is 22.5 Å². The average Bonchev–Trinajstić information content (AvgIpc) is 3.45. The highest BCUT2D eigenvalue weighted by Crippen LogP contribution is 2.39. The van der Waals surface area contributed by atoms with Gasteiger partial charge in [0.1, 0.15) is 0 Å². The van der Waals surface area contributed by atoms with Crippen LogP contribution in [-0.2, 0) is 15.2 Å². The molecule has 1 heterocycles. The van der Waals surface area contributed by atoms with E-state index in [0.717, 1.165) is 18.4 Å². The van der Waals surface area contributed by atoms with Gasteiger partial charge in [0.2, 0.25) is 5.91 Å². The molecule has 1 atom stereocenters. The Bertz CT molecular complexity index is 947. The third-order valence-corrected chi connectivity index (χ3v) is 5.08. The summed E-state index contributed by atoms with van der Waals surface area (Å²) in [5, 5.41) is 16.4. The first-order valence-electron chi connectivity index (χ1n) is 8.96. The Morgan fingerprint density at radius 2 is 1.89 bits per heavy atom. The summed E-state index contributed by atoms with van der Waals surface area (Å²) in [6, 6.07) is 11.8. The summed E-state index contributed by atoms with van der Waals surface area (Å²) >= 11 is 0. The molecule has 0 bridgehead atoms. The van der Waals surface area contributed by atoms with Crippen molar-refractivity contribution in [3.8, 4) is 0 Å². The predicted molar refractivity (Wildman–Crippen MR) is 100 cm³/mol. The molecule has 3 N–H and O–H groups in total. The van der Waals surface area contributed by atoms with Crippen LogP contribution >= 0.6 is 0 Å². The first-order valence-corrected chi connectivity index (χ1v) is 8.96. The molecule has 27 heavy (non-hydrogen) atoms. The molecule has 1 fully saturated rings. The minimum atomic E-state index is -1.88. The highest BCUT2D eigenvalue weighted by atomic mass is 16.3. The second-order valence-corrected chi connectivity index (χ2v) is 7.30. The van der Waals surface area contributed by atoms with Gasteiger partial charge in [-0.3, -0.25) is 14.4 Å². The van der Waals surface area contributed by atoms with Crippen molar-refractivity contribution in [2.75, 3.05) is 10.6 Å². The zero-order chi connectivity index (χ0) is 19.2. The van der Waals surface area contributed by atoms with Gasteiger partial charge in [0, 0.05) is 28.4 Å². The summed E-state index contributed by atoms with van der Waals surface area (Å²) in [4.78, 5) is 36.8. The summed E-state index contributed by atoms with van der Waals surface area (Å²) in [5.41, 5.74) is 0.973. The molecule has 2 aromatic rings. The van der Waals surface area contributed by atoms with E-state index in [9.17, 15) is 19.5 Å². The fourth-order valence-corrected chi connectivity index (χ4v) is 3.30. The van der Waals surface area contributed by atoms with Crippen LogP contribution in [0.15, 0.2) is 42.5 Å². The molecule has 1 aliphatic carbocycles. The van der Waals surface area contributed by atoms with Crippen molar-refractivity contribution < 1.29 is 19.5 Å². The second kappa shape index (κ2) is 6.32. The van der Waals surface area contributed by atoms with Crippen LogP contribution in [0.25, 0.3) is 0 Å². The predicted octanol–water partition coefficient (Wildman–Crippen LogP) is 2.76. The van der Waals surface area contributed by atoms with Crippen LogP contribution in [0.1, 0.15) is 40.7 Å². The number of fused-ring (bicyclic) bond motifs is 1. The number of carbonyl (C=O) groups is 3. The number of ketones is 1. The van der Waals surface area contributed by atoms with Crippen LogP contribution in [0.5, 0.6) is 0 Å². The van der Waals surface area contributed by atoms with E-state index < -0.39 is 11.5 Å². The molecule has 0 unspecified atom stereocenters. The summed E-state index contributed by atoms with van der Waals surface area (Å²) in [5.74, 6) is -0.838. The number of hydrogen-bond donors (Lipinski definition) is 3. The zero-order valence-corrected chi connectivity index (χ0v) is 14.9. The van der Waals surface area contributed by atoms with E-state index in [4.69, 9.17) is 0 Å². The van der Waals surface area contributed by atoms with Gasteiger partial charge in [0.15, 0.2) is 11.4 Å². The Hall–Kier alpha value is -2.99. The normalized spacial score (nSPS) is 20.7. The molecule has 6 heteroatoms. The zero-order valence-electron chi connectivity index (χ0n) is 14.9. The van der Waals surface area contributed by atoms with Gasteiger partial charge in [-0.2, -0.15) is 0 Å². The lowest BCUT2D eigenvalue weighted by Gasteiger charge is -2.20. The van der Waals surface area contributed by atoms with Gasteiger partial charge in [0.25, 0.3) is 5.91 Å². The Kier molecular flexibility index (Phi) is 4.08. The number of benzene rings is 2. The van der Waals surface area contributed by atoms with E-state index in [1.54, 1.807) is 36.4 Å². The summed E-state index contributed by atoms with van der Waals surface area (Å²) in [6.45, 7) is 1.86. The molecule has 2 amide bonds. The largest absolute Gasteiger partial charge is 0.375 e. The van der Waals surface area contributed by atoms with Crippen molar-refractivity contribution in [2.24, 2.45) is 5.92 Å². The van der Waals surface area contributed by atoms with E-state index in [-0.39, 0.29) is 24.0 Å². The lowest BCUT2D eigenvalue weighted by molar-refractivity contribution is -0.133. The summed E-state index contributed by atoms with van der Waals surface area (Å²) in [7, 11) is 0. The average molecular weight is 364 g/mol. The molecular weight excluding hydrogens is 344 g/mol. The topological polar surface area (TPSA) is 95.5 Å². The maximum Gasteiger partial charge on any atom is 0.261 e. The monoisotopic (exact) mass is 364 g/mol. The van der Waals surface area contributed by atoms with Gasteiger partial charge in [-0.25, -0.2) is 0 Å². The van der Waals surface area contributed by atoms with Gasteiger partial charge >= 0.3 is 0 Å². The Balaban J connectivity index is 1.51. The fourth-order valence-electron chi connectivity index (χ4n) is 3.30. The number of carbonyl (C=O) groups excluding carboxylic acids is 3. The molecule has 0 aromatic heterocycles. The molecule has 0 saturated heterocycles. The lowest BCUT2D eigenvalue weighted by Crippen LogP contribution is -2.36. The second-order valence-electron chi connectivity index (χ2n) is 7.30. The molecule has 2 aliphatic rings. The van der Waals surface area contributed by atoms with Crippen LogP contribution in [0.4, 0.5) is 11.4 Å². The first-order chi connectivity index (χ1) is 12.9. The number of anilines is 2. The van der Waals surface area contributed by atoms with Crippen molar-refractivity contribution in [3.05, 3.63) is 59.2 Å². The number of aryl methyl sites for hydroxylation is 1. The third-order valence-electron chi connectivity index (χ3n) is 5.08. The number of nitrogens with one attached hydrogen (secondary N) is 2. The molecule has 0 spiro atoms. The Morgan fingerprint density at radius 3 is 2.56 bits per heavy atom. The molecule has 2 aromatic carbocycles. The first kappa shape index (κ1) is 17.4. The van der Waals surface area contributed by atoms with Crippen LogP contribution in [0.2, 0.25) is 0 Å². The van der Waals surface area contributed by atoms with Crippen molar-refractivity contribution >= 4 is 29.0 Å². The molecular formula is C21H20N2O4. The van der Waals surface area contributed by atoms with Gasteiger partial charge < -0.3 is 15.7 Å². The smallest absolute Gasteiger partial charge is 0.261 e. The number of rotatable bonds is 5. The number of aliphatic hydroxyl groups is 1. The van der Waals surface area contributed by atoms with E-state index in [1.807, 2.05) is 13.0 Å². The molecule has 6 nitrogen and oxygen atoms in total. The van der Waals surface area contributed by atoms with Gasteiger partial charge in [-0.15, -0.1) is 0 Å². The molecule has 1 aliphatic heterocycles. The van der Waals surface area contributed by atoms with Crippen LogP contribution in [-0.4, -0.2) is 22.7 Å². The van der Waals surface area contributed by atoms with Crippen molar-refractivity contribution in [3.63, 3.8) is 0 Å². The molecule has 1 saturated carbocycles. The highest BCUT2D eigenvalue weighted by Gasteiger charge is 2.46. The SMILES string of the molecule is Cc1ccc2c(c1)[C@](O)(CC(=O)c1ccc(NC(=O)C3CC3)cc1)C(=O)N2. The summed E-state index contributed by atoms with van der Waals surface area (Å²) < 4.78 is 0. The van der Waals surface area contributed by atoms with E-state index in [2.05, 4.69) is 10.6 Å². The molecule has 0 radical (unpaired) electrons. The number of amides is 2. The van der Waals surface area contributed by atoms with Crippen molar-refractivity contribution in [1.82, 2.24) is 0 Å². The standard InChI is InChI=1S/C21H20N2O4/c1-12-2-9-17-16(10-12)21(27,20(26)23-17)11-18(24)13-5-7-15(8-6-13)22-19(25)14-3-4-14/h2,5-10,14,27H,3-4,11H2,1H3,(H,22,25)(H,23,26)/t21-/m1/s1. The van der Waals surface area contributed by atoms with Gasteiger partial charge in [-0.1, -0.05) is 17.7 Å². The maximum atomic E-state index is 12.7. The minimum absolute atomic E-state index is 0.00186. The lowest BCUT2D eigenvalue weighted by atomic mass is 9.87. The van der Waals surface area contributed by atoms with E-state index in [1.165, 1.54) is 0 Å². The molecule has 4 rings (SSSR count).